The summed E-state index contributed by atoms with van der Waals surface area (Å²) in [4.78, 5) is 14.0. The number of carbonyl (C=O) groups excluding carboxylic acids is 1. The lowest BCUT2D eigenvalue weighted by Crippen LogP contribution is -1.91. The number of aromatic nitrogens is 1. The third kappa shape index (κ3) is 1.35. The van der Waals surface area contributed by atoms with Crippen molar-refractivity contribution in [3.05, 3.63) is 34.2 Å². The summed E-state index contributed by atoms with van der Waals surface area (Å²) in [5.74, 6) is -0.394. The highest BCUT2D eigenvalue weighted by atomic mass is 79.9. The van der Waals surface area contributed by atoms with Crippen molar-refractivity contribution in [3.63, 3.8) is 0 Å². The van der Waals surface area contributed by atoms with Crippen LogP contribution in [0.25, 0.3) is 10.9 Å². The number of aromatic amines is 1. The van der Waals surface area contributed by atoms with Gasteiger partial charge in [0.25, 0.3) is 0 Å². The zero-order chi connectivity index (χ0) is 10.3. The molecule has 0 saturated heterocycles. The minimum absolute atomic E-state index is 0.0755. The van der Waals surface area contributed by atoms with Crippen LogP contribution in [0.3, 0.4) is 0 Å². The molecule has 1 aromatic heterocycles. The van der Waals surface area contributed by atoms with Crippen molar-refractivity contribution in [2.45, 2.75) is 6.92 Å². The Morgan fingerprint density at radius 1 is 1.50 bits per heavy atom. The highest BCUT2D eigenvalue weighted by Gasteiger charge is 2.12. The molecule has 2 nitrogen and oxygen atoms in total. The molecule has 0 aliphatic heterocycles. The van der Waals surface area contributed by atoms with Crippen molar-refractivity contribution in [2.75, 3.05) is 0 Å². The number of ketones is 1. The summed E-state index contributed by atoms with van der Waals surface area (Å²) < 4.78 is 13.6. The number of H-pyrrole nitrogens is 1. The minimum atomic E-state index is -0.318. The third-order valence-corrected chi connectivity index (χ3v) is 2.87. The van der Waals surface area contributed by atoms with Crippen LogP contribution in [0.15, 0.2) is 22.7 Å². The highest BCUT2D eigenvalue weighted by molar-refractivity contribution is 9.10. The predicted molar refractivity (Wildman–Crippen MR) is 56.0 cm³/mol. The molecule has 1 heterocycles. The molecule has 0 atom stereocenters. The van der Waals surface area contributed by atoms with Crippen molar-refractivity contribution >= 4 is 32.6 Å². The molecular weight excluding hydrogens is 249 g/mol. The van der Waals surface area contributed by atoms with Crippen molar-refractivity contribution in [1.29, 1.82) is 0 Å². The van der Waals surface area contributed by atoms with Crippen LogP contribution in [-0.2, 0) is 0 Å². The first-order valence-corrected chi connectivity index (χ1v) is 4.86. The lowest BCUT2D eigenvalue weighted by molar-refractivity contribution is 0.101. The van der Waals surface area contributed by atoms with E-state index in [1.807, 2.05) is 0 Å². The molecular formula is C10H7BrFNO. The van der Waals surface area contributed by atoms with Crippen LogP contribution in [0, 0.1) is 5.82 Å². The fraction of sp³-hybridized carbons (Fsp3) is 0.100. The van der Waals surface area contributed by atoms with Crippen LogP contribution in [0.4, 0.5) is 4.39 Å². The van der Waals surface area contributed by atoms with Gasteiger partial charge in [0, 0.05) is 12.3 Å². The maximum absolute atomic E-state index is 12.9. The summed E-state index contributed by atoms with van der Waals surface area (Å²) in [5, 5.41) is 0.816. The van der Waals surface area contributed by atoms with Crippen LogP contribution in [0.5, 0.6) is 0 Å². The largest absolute Gasteiger partial charge is 0.351 e. The van der Waals surface area contributed by atoms with Gasteiger partial charge in [-0.25, -0.2) is 4.39 Å². The number of hydrogen-bond donors (Lipinski definition) is 1. The number of rotatable bonds is 1. The number of halogens is 2. The van der Waals surface area contributed by atoms with E-state index in [9.17, 15) is 9.18 Å². The van der Waals surface area contributed by atoms with E-state index in [0.717, 1.165) is 5.39 Å². The Balaban J connectivity index is 2.79. The fourth-order valence-electron chi connectivity index (χ4n) is 1.38. The second kappa shape index (κ2) is 3.20. The first-order valence-electron chi connectivity index (χ1n) is 4.07. The number of Topliss-reactive ketones (excluding diaryl/α,β-unsaturated/α-hetero) is 1. The molecule has 1 aromatic carbocycles. The fourth-order valence-corrected chi connectivity index (χ4v) is 2.10. The Hall–Kier alpha value is -1.16. The van der Waals surface area contributed by atoms with Gasteiger partial charge < -0.3 is 4.98 Å². The standard InChI is InChI=1S/C10H7BrFNO/c1-5(14)10-9(11)7-3-2-6(12)4-8(7)13-10/h2-4,13H,1H3. The predicted octanol–water partition coefficient (Wildman–Crippen LogP) is 3.27. The monoisotopic (exact) mass is 255 g/mol. The van der Waals surface area contributed by atoms with Gasteiger partial charge in [0.1, 0.15) is 5.82 Å². The van der Waals surface area contributed by atoms with Gasteiger partial charge in [-0.15, -0.1) is 0 Å². The molecule has 0 fully saturated rings. The summed E-state index contributed by atoms with van der Waals surface area (Å²) in [5.41, 5.74) is 1.10. The van der Waals surface area contributed by atoms with Gasteiger partial charge in [-0.3, -0.25) is 4.79 Å². The Labute approximate surface area is 88.2 Å². The van der Waals surface area contributed by atoms with Crippen LogP contribution < -0.4 is 0 Å². The first-order chi connectivity index (χ1) is 6.59. The van der Waals surface area contributed by atoms with Crippen LogP contribution >= 0.6 is 15.9 Å². The third-order valence-electron chi connectivity index (χ3n) is 2.05. The molecule has 72 valence electrons. The Bertz CT molecular complexity index is 518. The summed E-state index contributed by atoms with van der Waals surface area (Å²) in [6.45, 7) is 1.46. The highest BCUT2D eigenvalue weighted by Crippen LogP contribution is 2.28. The van der Waals surface area contributed by atoms with E-state index in [-0.39, 0.29) is 11.6 Å². The van der Waals surface area contributed by atoms with Crippen molar-refractivity contribution < 1.29 is 9.18 Å². The Morgan fingerprint density at radius 3 is 2.86 bits per heavy atom. The molecule has 0 bridgehead atoms. The molecule has 2 rings (SSSR count). The van der Waals surface area contributed by atoms with E-state index >= 15 is 0 Å². The van der Waals surface area contributed by atoms with E-state index in [0.29, 0.717) is 15.7 Å². The maximum Gasteiger partial charge on any atom is 0.177 e. The van der Waals surface area contributed by atoms with Crippen molar-refractivity contribution in [1.82, 2.24) is 4.98 Å². The second-order valence-corrected chi connectivity index (χ2v) is 3.85. The van der Waals surface area contributed by atoms with Crippen LogP contribution in [0.1, 0.15) is 17.4 Å². The summed E-state index contributed by atoms with van der Waals surface area (Å²) in [6.07, 6.45) is 0. The molecule has 14 heavy (non-hydrogen) atoms. The average molecular weight is 256 g/mol. The molecule has 0 saturated carbocycles. The Kier molecular flexibility index (Phi) is 2.15. The smallest absolute Gasteiger partial charge is 0.177 e. The number of hydrogen-bond acceptors (Lipinski definition) is 1. The first kappa shape index (κ1) is 9.40. The van der Waals surface area contributed by atoms with E-state index in [1.54, 1.807) is 6.07 Å². The molecule has 0 radical (unpaired) electrons. The topological polar surface area (TPSA) is 32.9 Å². The van der Waals surface area contributed by atoms with Gasteiger partial charge in [-0.05, 0) is 34.1 Å². The van der Waals surface area contributed by atoms with E-state index < -0.39 is 0 Å². The number of carbonyl (C=O) groups is 1. The number of benzene rings is 1. The zero-order valence-electron chi connectivity index (χ0n) is 7.40. The average Bonchev–Trinajstić information content (AvgIpc) is 2.43. The van der Waals surface area contributed by atoms with Gasteiger partial charge in [-0.1, -0.05) is 0 Å². The molecule has 2 aromatic rings. The van der Waals surface area contributed by atoms with Gasteiger partial charge >= 0.3 is 0 Å². The van der Waals surface area contributed by atoms with E-state index in [1.165, 1.54) is 19.1 Å². The van der Waals surface area contributed by atoms with Crippen molar-refractivity contribution in [3.8, 4) is 0 Å². The van der Waals surface area contributed by atoms with Gasteiger partial charge in [-0.2, -0.15) is 0 Å². The summed E-state index contributed by atoms with van der Waals surface area (Å²) >= 11 is 3.30. The lowest BCUT2D eigenvalue weighted by atomic mass is 10.2. The molecule has 0 amide bonds. The normalized spacial score (nSPS) is 10.8. The van der Waals surface area contributed by atoms with Gasteiger partial charge in [0.2, 0.25) is 0 Å². The number of nitrogens with one attached hydrogen (secondary N) is 1. The zero-order valence-corrected chi connectivity index (χ0v) is 8.98. The molecule has 0 aliphatic carbocycles. The second-order valence-electron chi connectivity index (χ2n) is 3.06. The van der Waals surface area contributed by atoms with E-state index in [4.69, 9.17) is 0 Å². The molecule has 1 N–H and O–H groups in total. The SMILES string of the molecule is CC(=O)c1[nH]c2cc(F)ccc2c1Br. The van der Waals surface area contributed by atoms with Crippen LogP contribution in [-0.4, -0.2) is 10.8 Å². The number of fused-ring (bicyclic) bond motifs is 1. The maximum atomic E-state index is 12.9. The van der Waals surface area contributed by atoms with E-state index in [2.05, 4.69) is 20.9 Å². The molecule has 0 spiro atoms. The van der Waals surface area contributed by atoms with Gasteiger partial charge in [0.15, 0.2) is 5.78 Å². The summed E-state index contributed by atoms with van der Waals surface area (Å²) in [6, 6.07) is 4.37. The Morgan fingerprint density at radius 2 is 2.21 bits per heavy atom. The van der Waals surface area contributed by atoms with Crippen LogP contribution in [0.2, 0.25) is 0 Å². The lowest BCUT2D eigenvalue weighted by Gasteiger charge is -1.89. The van der Waals surface area contributed by atoms with Crippen molar-refractivity contribution in [2.24, 2.45) is 0 Å². The summed E-state index contributed by atoms with van der Waals surface area (Å²) in [7, 11) is 0. The molecule has 4 heteroatoms. The molecule has 0 aliphatic rings. The molecule has 0 unspecified atom stereocenters. The van der Waals surface area contributed by atoms with Gasteiger partial charge in [0.05, 0.1) is 15.7 Å². The minimum Gasteiger partial charge on any atom is -0.351 e. The quantitative estimate of drug-likeness (QED) is 0.780.